The molecule has 3 rings (SSSR count). The minimum atomic E-state index is -0.625. The molecule has 1 heterocycles. The highest BCUT2D eigenvalue weighted by atomic mass is 35.5. The number of nitrogens with two attached hydrogens (primary N) is 1. The number of rotatable bonds is 7. The number of nitrogens with one attached hydrogen (secondary N) is 2. The van der Waals surface area contributed by atoms with Gasteiger partial charge in [0.2, 0.25) is 5.91 Å². The van der Waals surface area contributed by atoms with Crippen molar-refractivity contribution >= 4 is 46.9 Å². The first-order valence-corrected chi connectivity index (χ1v) is 10.6. The molecule has 0 bridgehead atoms. The van der Waals surface area contributed by atoms with Gasteiger partial charge in [0, 0.05) is 45.2 Å². The molecule has 32 heavy (non-hydrogen) atoms. The second-order valence-corrected chi connectivity index (χ2v) is 7.99. The maximum absolute atomic E-state index is 12.3. The quantitative estimate of drug-likeness (QED) is 0.436. The first kappa shape index (κ1) is 23.4. The maximum atomic E-state index is 12.3. The molecular weight excluding hydrogens is 449 g/mol. The zero-order chi connectivity index (χ0) is 23.3. The van der Waals surface area contributed by atoms with Gasteiger partial charge >= 0.3 is 6.03 Å². The molecule has 0 fully saturated rings. The molecule has 0 unspecified atom stereocenters. The van der Waals surface area contributed by atoms with E-state index in [0.29, 0.717) is 28.8 Å². The van der Waals surface area contributed by atoms with Crippen molar-refractivity contribution in [1.29, 1.82) is 0 Å². The lowest BCUT2D eigenvalue weighted by atomic mass is 10.1. The lowest BCUT2D eigenvalue weighted by Crippen LogP contribution is -2.20. The Morgan fingerprint density at radius 1 is 1.09 bits per heavy atom. The Labute approximate surface area is 196 Å². The van der Waals surface area contributed by atoms with Crippen LogP contribution >= 0.6 is 23.2 Å². The van der Waals surface area contributed by atoms with Gasteiger partial charge in [0.05, 0.1) is 12.2 Å². The third kappa shape index (κ3) is 5.90. The molecule has 3 amide bonds. The molecule has 0 saturated heterocycles. The Morgan fingerprint density at radius 3 is 2.38 bits per heavy atom. The number of benzene rings is 2. The number of aryl methyl sites for hydroxylation is 1. The van der Waals surface area contributed by atoms with Gasteiger partial charge in [0.25, 0.3) is 0 Å². The van der Waals surface area contributed by atoms with Crippen LogP contribution in [0.1, 0.15) is 28.1 Å². The van der Waals surface area contributed by atoms with Gasteiger partial charge in [-0.3, -0.25) is 9.48 Å². The molecule has 0 atom stereocenters. The molecule has 7 nitrogen and oxygen atoms in total. The normalized spacial score (nSPS) is 11.0. The molecule has 2 aromatic carbocycles. The second kappa shape index (κ2) is 10.3. The fraction of sp³-hybridized carbons (Fsp3) is 0.174. The number of primary amides is 1. The van der Waals surface area contributed by atoms with Gasteiger partial charge < -0.3 is 16.4 Å². The monoisotopic (exact) mass is 471 g/mol. The smallest absolute Gasteiger partial charge is 0.316 e. The third-order valence-corrected chi connectivity index (χ3v) is 5.60. The van der Waals surface area contributed by atoms with Crippen LogP contribution < -0.4 is 16.4 Å². The predicted molar refractivity (Wildman–Crippen MR) is 128 cm³/mol. The zero-order valence-corrected chi connectivity index (χ0v) is 19.2. The summed E-state index contributed by atoms with van der Waals surface area (Å²) in [5.74, 6) is -0.231. The molecule has 0 aliphatic rings. The summed E-state index contributed by atoms with van der Waals surface area (Å²) in [5.41, 5.74) is 9.93. The van der Waals surface area contributed by atoms with Crippen molar-refractivity contribution in [3.05, 3.63) is 86.7 Å². The number of carbonyl (C=O) groups is 2. The summed E-state index contributed by atoms with van der Waals surface area (Å²) in [6.45, 7) is 4.61. The number of halogens is 2. The Morgan fingerprint density at radius 2 is 1.75 bits per heavy atom. The van der Waals surface area contributed by atoms with E-state index in [9.17, 15) is 9.59 Å². The fourth-order valence-electron chi connectivity index (χ4n) is 3.19. The van der Waals surface area contributed by atoms with E-state index < -0.39 is 6.03 Å². The number of carbonyl (C=O) groups excluding carboxylic acids is 2. The first-order chi connectivity index (χ1) is 15.2. The van der Waals surface area contributed by atoms with E-state index in [1.807, 2.05) is 18.5 Å². The molecule has 4 N–H and O–H groups in total. The summed E-state index contributed by atoms with van der Waals surface area (Å²) >= 11 is 12.6. The number of amides is 3. The van der Waals surface area contributed by atoms with Gasteiger partial charge in [-0.1, -0.05) is 41.4 Å². The number of urea groups is 1. The molecular formula is C23H23Cl2N5O2. The molecule has 0 radical (unpaired) electrons. The third-order valence-electron chi connectivity index (χ3n) is 4.90. The summed E-state index contributed by atoms with van der Waals surface area (Å²) in [5, 5.41) is 11.0. The van der Waals surface area contributed by atoms with E-state index >= 15 is 0 Å². The molecule has 1 aromatic heterocycles. The first-order valence-electron chi connectivity index (χ1n) is 9.83. The highest BCUT2D eigenvalue weighted by molar-refractivity contribution is 6.35. The highest BCUT2D eigenvalue weighted by Gasteiger charge is 2.13. The number of aromatic nitrogens is 2. The number of nitrogens with zero attached hydrogens (tertiary/aromatic N) is 2. The van der Waals surface area contributed by atoms with Crippen molar-refractivity contribution in [2.24, 2.45) is 5.73 Å². The second-order valence-electron chi connectivity index (χ2n) is 7.18. The predicted octanol–water partition coefficient (Wildman–Crippen LogP) is 4.68. The molecule has 0 saturated carbocycles. The van der Waals surface area contributed by atoms with Crippen molar-refractivity contribution in [1.82, 2.24) is 15.1 Å². The van der Waals surface area contributed by atoms with E-state index in [-0.39, 0.29) is 5.91 Å². The van der Waals surface area contributed by atoms with Gasteiger partial charge in [-0.25, -0.2) is 4.79 Å². The molecule has 166 valence electrons. The van der Waals surface area contributed by atoms with Gasteiger partial charge in [0.1, 0.15) is 0 Å². The lowest BCUT2D eigenvalue weighted by molar-refractivity contribution is -0.116. The van der Waals surface area contributed by atoms with Crippen LogP contribution in [-0.2, 0) is 17.9 Å². The van der Waals surface area contributed by atoms with Gasteiger partial charge in [0.15, 0.2) is 0 Å². The topological polar surface area (TPSA) is 102 Å². The number of hydrogen-bond donors (Lipinski definition) is 3. The van der Waals surface area contributed by atoms with E-state index in [1.165, 1.54) is 6.08 Å². The summed E-state index contributed by atoms with van der Waals surface area (Å²) < 4.78 is 1.82. The van der Waals surface area contributed by atoms with E-state index in [2.05, 4.69) is 15.7 Å². The Bertz CT molecular complexity index is 1150. The van der Waals surface area contributed by atoms with Crippen LogP contribution in [0.5, 0.6) is 0 Å². The molecule has 9 heteroatoms. The van der Waals surface area contributed by atoms with Crippen LogP contribution in [-0.4, -0.2) is 21.7 Å². The van der Waals surface area contributed by atoms with Crippen LogP contribution in [0.25, 0.3) is 6.08 Å². The molecule has 3 aromatic rings. The zero-order valence-electron chi connectivity index (χ0n) is 17.7. The Hall–Kier alpha value is -3.29. The summed E-state index contributed by atoms with van der Waals surface area (Å²) in [7, 11) is 0. The highest BCUT2D eigenvalue weighted by Crippen LogP contribution is 2.26. The van der Waals surface area contributed by atoms with E-state index in [1.54, 1.807) is 48.5 Å². The van der Waals surface area contributed by atoms with Gasteiger partial charge in [-0.15, -0.1) is 0 Å². The maximum Gasteiger partial charge on any atom is 0.316 e. The largest absolute Gasteiger partial charge is 0.351 e. The Kier molecular flexibility index (Phi) is 7.56. The van der Waals surface area contributed by atoms with Crippen LogP contribution in [0.2, 0.25) is 10.0 Å². The summed E-state index contributed by atoms with van der Waals surface area (Å²) in [6, 6.07) is 11.8. The van der Waals surface area contributed by atoms with E-state index in [0.717, 1.165) is 28.1 Å². The van der Waals surface area contributed by atoms with Gasteiger partial charge in [-0.05, 0) is 49.8 Å². The molecule has 0 aliphatic carbocycles. The standard InChI is InChI=1S/C23H23Cl2N5O2/c1-14-18(15(2)30(29-14)13-19-20(24)4-3-5-21(19)25)10-11-22(31)27-12-16-6-8-17(9-7-16)28-23(26)32/h3-11H,12-13H2,1-2H3,(H,27,31)(H3,26,28,32)/b11-10+. The van der Waals surface area contributed by atoms with Crippen LogP contribution in [0.4, 0.5) is 10.5 Å². The van der Waals surface area contributed by atoms with Crippen molar-refractivity contribution in [2.45, 2.75) is 26.9 Å². The van der Waals surface area contributed by atoms with Crippen LogP contribution in [0.15, 0.2) is 48.5 Å². The molecule has 0 aliphatic heterocycles. The number of anilines is 1. The SMILES string of the molecule is Cc1nn(Cc2c(Cl)cccc2Cl)c(C)c1/C=C/C(=O)NCc1ccc(NC(N)=O)cc1. The fourth-order valence-corrected chi connectivity index (χ4v) is 3.71. The van der Waals surface area contributed by atoms with Gasteiger partial charge in [-0.2, -0.15) is 5.10 Å². The summed E-state index contributed by atoms with van der Waals surface area (Å²) in [4.78, 5) is 23.1. The molecule has 0 spiro atoms. The summed E-state index contributed by atoms with van der Waals surface area (Å²) in [6.07, 6.45) is 3.23. The Balaban J connectivity index is 1.63. The van der Waals surface area contributed by atoms with Crippen molar-refractivity contribution in [2.75, 3.05) is 5.32 Å². The van der Waals surface area contributed by atoms with Crippen LogP contribution in [0.3, 0.4) is 0 Å². The van der Waals surface area contributed by atoms with Crippen LogP contribution in [0, 0.1) is 13.8 Å². The number of hydrogen-bond acceptors (Lipinski definition) is 3. The lowest BCUT2D eigenvalue weighted by Gasteiger charge is -2.09. The van der Waals surface area contributed by atoms with Crippen molar-refractivity contribution in [3.63, 3.8) is 0 Å². The minimum Gasteiger partial charge on any atom is -0.351 e. The van der Waals surface area contributed by atoms with Crippen molar-refractivity contribution in [3.8, 4) is 0 Å². The van der Waals surface area contributed by atoms with Crippen molar-refractivity contribution < 1.29 is 9.59 Å². The average Bonchev–Trinajstić information content (AvgIpc) is 3.01. The minimum absolute atomic E-state index is 0.231. The average molecular weight is 472 g/mol. The van der Waals surface area contributed by atoms with E-state index in [4.69, 9.17) is 28.9 Å².